The van der Waals surface area contributed by atoms with Gasteiger partial charge in [-0.15, -0.1) is 0 Å². The van der Waals surface area contributed by atoms with E-state index in [1.807, 2.05) is 31.2 Å². The molecule has 0 heterocycles. The predicted octanol–water partition coefficient (Wildman–Crippen LogP) is 3.34. The lowest BCUT2D eigenvalue weighted by Gasteiger charge is -2.36. The zero-order chi connectivity index (χ0) is 17.7. The van der Waals surface area contributed by atoms with Crippen molar-refractivity contribution in [3.8, 4) is 5.75 Å². The van der Waals surface area contributed by atoms with Crippen molar-refractivity contribution in [2.24, 2.45) is 5.92 Å². The number of carboxylic acid groups (broad SMARTS) is 1. The molecule has 1 amide bonds. The molecule has 1 fully saturated rings. The molecule has 132 valence electrons. The summed E-state index contributed by atoms with van der Waals surface area (Å²) in [6.07, 6.45) is 2.95. The number of carboxylic acids is 1. The summed E-state index contributed by atoms with van der Waals surface area (Å²) in [4.78, 5) is 24.1. The first kappa shape index (κ1) is 18.3. The topological polar surface area (TPSA) is 75.6 Å². The zero-order valence-corrected chi connectivity index (χ0v) is 14.7. The Morgan fingerprint density at radius 3 is 2.38 bits per heavy atom. The first-order chi connectivity index (χ1) is 11.4. The van der Waals surface area contributed by atoms with Gasteiger partial charge in [0, 0.05) is 6.42 Å². The van der Waals surface area contributed by atoms with E-state index in [2.05, 4.69) is 12.2 Å². The van der Waals surface area contributed by atoms with Crippen molar-refractivity contribution in [2.75, 3.05) is 7.11 Å². The Kier molecular flexibility index (Phi) is 5.86. The highest BCUT2D eigenvalue weighted by molar-refractivity contribution is 5.87. The van der Waals surface area contributed by atoms with Gasteiger partial charge in [0.2, 0.25) is 5.91 Å². The Balaban J connectivity index is 1.98. The van der Waals surface area contributed by atoms with E-state index in [9.17, 15) is 14.7 Å². The third-order valence-corrected chi connectivity index (χ3v) is 5.09. The molecule has 0 radical (unpaired) electrons. The number of aliphatic carboxylic acids is 1. The Morgan fingerprint density at radius 2 is 1.88 bits per heavy atom. The van der Waals surface area contributed by atoms with Crippen molar-refractivity contribution in [3.05, 3.63) is 29.8 Å². The smallest absolute Gasteiger partial charge is 0.329 e. The molecule has 24 heavy (non-hydrogen) atoms. The van der Waals surface area contributed by atoms with Gasteiger partial charge < -0.3 is 15.2 Å². The van der Waals surface area contributed by atoms with E-state index in [-0.39, 0.29) is 18.2 Å². The lowest BCUT2D eigenvalue weighted by atomic mass is 9.77. The van der Waals surface area contributed by atoms with Crippen LogP contribution in [0.3, 0.4) is 0 Å². The van der Waals surface area contributed by atoms with Crippen LogP contribution in [-0.2, 0) is 9.59 Å². The van der Waals surface area contributed by atoms with Crippen LogP contribution in [0.4, 0.5) is 0 Å². The van der Waals surface area contributed by atoms with Gasteiger partial charge in [-0.05, 0) is 55.2 Å². The average molecular weight is 333 g/mol. The quantitative estimate of drug-likeness (QED) is 0.837. The summed E-state index contributed by atoms with van der Waals surface area (Å²) in [5.74, 6) is 0.198. The number of carbonyl (C=O) groups excluding carboxylic acids is 1. The number of methoxy groups -OCH3 is 1. The third-order valence-electron chi connectivity index (χ3n) is 5.09. The Hall–Kier alpha value is -2.04. The van der Waals surface area contributed by atoms with E-state index in [0.29, 0.717) is 18.8 Å². The molecule has 0 aromatic heterocycles. The summed E-state index contributed by atoms with van der Waals surface area (Å²) in [7, 11) is 1.61. The van der Waals surface area contributed by atoms with E-state index >= 15 is 0 Å². The van der Waals surface area contributed by atoms with Crippen LogP contribution in [0.25, 0.3) is 0 Å². The first-order valence-corrected chi connectivity index (χ1v) is 8.54. The number of hydrogen-bond donors (Lipinski definition) is 2. The average Bonchev–Trinajstić information content (AvgIpc) is 2.57. The Bertz CT molecular complexity index is 574. The van der Waals surface area contributed by atoms with Crippen LogP contribution < -0.4 is 10.1 Å². The molecule has 1 aromatic rings. The number of hydrogen-bond acceptors (Lipinski definition) is 3. The fourth-order valence-electron chi connectivity index (χ4n) is 3.29. The van der Waals surface area contributed by atoms with Crippen LogP contribution in [0, 0.1) is 5.92 Å². The van der Waals surface area contributed by atoms with Crippen molar-refractivity contribution >= 4 is 11.9 Å². The second-order valence-corrected chi connectivity index (χ2v) is 7.00. The maximum Gasteiger partial charge on any atom is 0.329 e. The fraction of sp³-hybridized carbons (Fsp3) is 0.579. The minimum absolute atomic E-state index is 0.0178. The number of rotatable bonds is 6. The third kappa shape index (κ3) is 4.28. The SMILES string of the molecule is COc1ccc(C(C)CC(=O)NC2(C(=O)O)CCC(C)CC2)cc1. The summed E-state index contributed by atoms with van der Waals surface area (Å²) in [6.45, 7) is 4.09. The second kappa shape index (κ2) is 7.69. The Morgan fingerprint density at radius 1 is 1.29 bits per heavy atom. The number of benzene rings is 1. The summed E-state index contributed by atoms with van der Waals surface area (Å²) in [5, 5.41) is 12.4. The molecule has 1 unspecified atom stereocenters. The number of ether oxygens (including phenoxy) is 1. The maximum atomic E-state index is 12.4. The molecule has 1 saturated carbocycles. The van der Waals surface area contributed by atoms with Crippen LogP contribution in [0.5, 0.6) is 5.75 Å². The van der Waals surface area contributed by atoms with Gasteiger partial charge in [0.05, 0.1) is 7.11 Å². The standard InChI is InChI=1S/C19H27NO4/c1-13-8-10-19(11-9-13,18(22)23)20-17(21)12-14(2)15-4-6-16(24-3)7-5-15/h4-7,13-14H,8-12H2,1-3H3,(H,20,21)(H,22,23). The molecular weight excluding hydrogens is 306 g/mol. The van der Waals surface area contributed by atoms with Gasteiger partial charge in [0.15, 0.2) is 0 Å². The van der Waals surface area contributed by atoms with E-state index < -0.39 is 11.5 Å². The number of nitrogens with one attached hydrogen (secondary N) is 1. The lowest BCUT2D eigenvalue weighted by molar-refractivity contribution is -0.149. The van der Waals surface area contributed by atoms with Crippen molar-refractivity contribution in [3.63, 3.8) is 0 Å². The zero-order valence-electron chi connectivity index (χ0n) is 14.7. The van der Waals surface area contributed by atoms with Gasteiger partial charge in [-0.25, -0.2) is 4.79 Å². The first-order valence-electron chi connectivity index (χ1n) is 8.54. The monoisotopic (exact) mass is 333 g/mol. The summed E-state index contributed by atoms with van der Waals surface area (Å²) >= 11 is 0. The van der Waals surface area contributed by atoms with Gasteiger partial charge in [-0.1, -0.05) is 26.0 Å². The summed E-state index contributed by atoms with van der Waals surface area (Å²) < 4.78 is 5.13. The van der Waals surface area contributed by atoms with Crippen molar-refractivity contribution in [1.82, 2.24) is 5.32 Å². The molecule has 2 N–H and O–H groups in total. The van der Waals surface area contributed by atoms with Gasteiger partial charge in [0.1, 0.15) is 11.3 Å². The van der Waals surface area contributed by atoms with E-state index in [1.54, 1.807) is 7.11 Å². The van der Waals surface area contributed by atoms with Gasteiger partial charge in [-0.3, -0.25) is 4.79 Å². The molecule has 1 atom stereocenters. The van der Waals surface area contributed by atoms with Crippen molar-refractivity contribution < 1.29 is 19.4 Å². The molecule has 5 heteroatoms. The molecule has 0 aliphatic heterocycles. The molecule has 2 rings (SSSR count). The van der Waals surface area contributed by atoms with Crippen molar-refractivity contribution in [1.29, 1.82) is 0 Å². The molecule has 1 aliphatic carbocycles. The highest BCUT2D eigenvalue weighted by Gasteiger charge is 2.42. The Labute approximate surface area is 143 Å². The van der Waals surface area contributed by atoms with E-state index in [4.69, 9.17) is 4.74 Å². The van der Waals surface area contributed by atoms with E-state index in [1.165, 1.54) is 0 Å². The van der Waals surface area contributed by atoms with Gasteiger partial charge in [0.25, 0.3) is 0 Å². The van der Waals surface area contributed by atoms with E-state index in [0.717, 1.165) is 24.2 Å². The van der Waals surface area contributed by atoms with Gasteiger partial charge in [-0.2, -0.15) is 0 Å². The summed E-state index contributed by atoms with van der Waals surface area (Å²) in [6, 6.07) is 7.61. The minimum Gasteiger partial charge on any atom is -0.497 e. The largest absolute Gasteiger partial charge is 0.497 e. The molecule has 1 aromatic carbocycles. The highest BCUT2D eigenvalue weighted by Crippen LogP contribution is 2.32. The van der Waals surface area contributed by atoms with Gasteiger partial charge >= 0.3 is 5.97 Å². The number of amides is 1. The fourth-order valence-corrected chi connectivity index (χ4v) is 3.29. The minimum atomic E-state index is -1.09. The van der Waals surface area contributed by atoms with Crippen molar-refractivity contribution in [2.45, 2.75) is 57.4 Å². The molecule has 5 nitrogen and oxygen atoms in total. The normalized spacial score (nSPS) is 24.9. The summed E-state index contributed by atoms with van der Waals surface area (Å²) in [5.41, 5.74) is -0.0592. The molecule has 0 saturated heterocycles. The molecule has 1 aliphatic rings. The van der Waals surface area contributed by atoms with Crippen LogP contribution in [-0.4, -0.2) is 29.6 Å². The van der Waals surface area contributed by atoms with Crippen LogP contribution >= 0.6 is 0 Å². The number of carbonyl (C=O) groups is 2. The highest BCUT2D eigenvalue weighted by atomic mass is 16.5. The lowest BCUT2D eigenvalue weighted by Crippen LogP contribution is -2.56. The molecule has 0 spiro atoms. The maximum absolute atomic E-state index is 12.4. The molecule has 0 bridgehead atoms. The van der Waals surface area contributed by atoms with Crippen LogP contribution in [0.1, 0.15) is 57.4 Å². The van der Waals surface area contributed by atoms with Crippen LogP contribution in [0.2, 0.25) is 0 Å². The predicted molar refractivity (Wildman–Crippen MR) is 92.2 cm³/mol. The van der Waals surface area contributed by atoms with Crippen LogP contribution in [0.15, 0.2) is 24.3 Å². The molecular formula is C19H27NO4. The second-order valence-electron chi connectivity index (χ2n) is 7.00.